The number of nitrogen functional groups attached to an aromatic ring is 1. The zero-order valence-electron chi connectivity index (χ0n) is 11.3. The van der Waals surface area contributed by atoms with Crippen molar-refractivity contribution in [2.75, 3.05) is 12.8 Å². The Labute approximate surface area is 130 Å². The fourth-order valence-corrected chi connectivity index (χ4v) is 3.24. The van der Waals surface area contributed by atoms with E-state index >= 15 is 0 Å². The summed E-state index contributed by atoms with van der Waals surface area (Å²) >= 11 is 3.17. The number of nitrogens with zero attached hydrogens (tertiary/aromatic N) is 2. The van der Waals surface area contributed by atoms with Crippen molar-refractivity contribution in [3.8, 4) is 17.1 Å². The second kappa shape index (κ2) is 6.19. The minimum atomic E-state index is 0.581. The molecule has 0 fully saturated rings. The second-order valence-corrected chi connectivity index (χ2v) is 6.02. The van der Waals surface area contributed by atoms with Gasteiger partial charge in [0, 0.05) is 27.6 Å². The molecule has 2 aromatic heterocycles. The summed E-state index contributed by atoms with van der Waals surface area (Å²) in [6, 6.07) is 7.53. The van der Waals surface area contributed by atoms with E-state index in [-0.39, 0.29) is 0 Å². The summed E-state index contributed by atoms with van der Waals surface area (Å²) in [5.41, 5.74) is 7.39. The topological polar surface area (TPSA) is 74.2 Å². The van der Waals surface area contributed by atoms with Crippen molar-refractivity contribution in [2.45, 2.75) is 10.6 Å². The van der Waals surface area contributed by atoms with E-state index in [4.69, 9.17) is 15.0 Å². The molecular formula is C14H13N3O2S2. The maximum absolute atomic E-state index is 5.74. The molecule has 0 amide bonds. The number of rotatable bonds is 5. The first-order chi connectivity index (χ1) is 10.3. The highest BCUT2D eigenvalue weighted by atomic mass is 32.2. The molecule has 0 aliphatic carbocycles. The number of aromatic nitrogens is 2. The van der Waals surface area contributed by atoms with Gasteiger partial charge in [0.2, 0.25) is 11.7 Å². The first-order valence-corrected chi connectivity index (χ1v) is 8.10. The normalized spacial score (nSPS) is 10.7. The van der Waals surface area contributed by atoms with E-state index in [1.54, 1.807) is 36.3 Å². The third-order valence-corrected chi connectivity index (χ3v) is 4.51. The molecule has 2 heterocycles. The van der Waals surface area contributed by atoms with Crippen LogP contribution in [0.1, 0.15) is 5.89 Å². The minimum Gasteiger partial charge on any atom is -0.496 e. The van der Waals surface area contributed by atoms with Crippen molar-refractivity contribution in [1.82, 2.24) is 10.1 Å². The number of thioether (sulfide) groups is 1. The Bertz CT molecular complexity index is 726. The Morgan fingerprint density at radius 1 is 1.38 bits per heavy atom. The summed E-state index contributed by atoms with van der Waals surface area (Å²) in [6.07, 6.45) is 0. The molecule has 0 spiro atoms. The summed E-state index contributed by atoms with van der Waals surface area (Å²) < 4.78 is 10.6. The Morgan fingerprint density at radius 3 is 3.05 bits per heavy atom. The van der Waals surface area contributed by atoms with Crippen LogP contribution in [0.25, 0.3) is 11.4 Å². The third-order valence-electron chi connectivity index (χ3n) is 2.79. The number of hydrogen-bond acceptors (Lipinski definition) is 7. The maximum atomic E-state index is 5.74. The first-order valence-electron chi connectivity index (χ1n) is 6.18. The van der Waals surface area contributed by atoms with Gasteiger partial charge < -0.3 is 15.0 Å². The van der Waals surface area contributed by atoms with E-state index < -0.39 is 0 Å². The van der Waals surface area contributed by atoms with Crippen LogP contribution in [0.3, 0.4) is 0 Å². The summed E-state index contributed by atoms with van der Waals surface area (Å²) in [6.45, 7) is 0. The molecule has 0 unspecified atom stereocenters. The van der Waals surface area contributed by atoms with Crippen molar-refractivity contribution in [3.63, 3.8) is 0 Å². The van der Waals surface area contributed by atoms with E-state index in [1.807, 2.05) is 29.0 Å². The summed E-state index contributed by atoms with van der Waals surface area (Å²) in [5, 5.41) is 7.96. The molecule has 1 aromatic carbocycles. The Hall–Kier alpha value is -1.99. The van der Waals surface area contributed by atoms with Crippen LogP contribution >= 0.6 is 23.1 Å². The van der Waals surface area contributed by atoms with Gasteiger partial charge in [-0.3, -0.25) is 0 Å². The van der Waals surface area contributed by atoms with Crippen LogP contribution in [-0.4, -0.2) is 17.3 Å². The van der Waals surface area contributed by atoms with Gasteiger partial charge in [0.25, 0.3) is 0 Å². The van der Waals surface area contributed by atoms with Crippen LogP contribution in [0.15, 0.2) is 44.4 Å². The van der Waals surface area contributed by atoms with E-state index in [0.717, 1.165) is 16.2 Å². The van der Waals surface area contributed by atoms with Crippen molar-refractivity contribution in [3.05, 3.63) is 40.9 Å². The predicted octanol–water partition coefficient (Wildman–Crippen LogP) is 3.68. The van der Waals surface area contributed by atoms with Gasteiger partial charge in [-0.25, -0.2) is 0 Å². The van der Waals surface area contributed by atoms with E-state index in [2.05, 4.69) is 10.1 Å². The fourth-order valence-electron chi connectivity index (χ4n) is 1.77. The van der Waals surface area contributed by atoms with Gasteiger partial charge in [-0.2, -0.15) is 16.3 Å². The molecule has 0 aliphatic rings. The zero-order valence-corrected chi connectivity index (χ0v) is 12.9. The lowest BCUT2D eigenvalue weighted by Crippen LogP contribution is -1.91. The lowest BCUT2D eigenvalue weighted by Gasteiger charge is -2.07. The van der Waals surface area contributed by atoms with Crippen LogP contribution in [0.4, 0.5) is 5.69 Å². The molecule has 0 saturated heterocycles. The van der Waals surface area contributed by atoms with Crippen LogP contribution < -0.4 is 10.5 Å². The molecule has 0 saturated carbocycles. The highest BCUT2D eigenvalue weighted by Crippen LogP contribution is 2.33. The monoisotopic (exact) mass is 319 g/mol. The molecule has 3 rings (SSSR count). The average molecular weight is 319 g/mol. The van der Waals surface area contributed by atoms with E-state index in [0.29, 0.717) is 23.2 Å². The highest BCUT2D eigenvalue weighted by Gasteiger charge is 2.11. The average Bonchev–Trinajstić information content (AvgIpc) is 3.16. The summed E-state index contributed by atoms with van der Waals surface area (Å²) in [5.74, 6) is 2.53. The number of methoxy groups -OCH3 is 1. The van der Waals surface area contributed by atoms with Crippen molar-refractivity contribution in [1.29, 1.82) is 0 Å². The fraction of sp³-hybridized carbons (Fsp3) is 0.143. The smallest absolute Gasteiger partial charge is 0.237 e. The van der Waals surface area contributed by atoms with Gasteiger partial charge in [-0.1, -0.05) is 5.16 Å². The molecule has 3 aromatic rings. The second-order valence-electron chi connectivity index (χ2n) is 4.22. The van der Waals surface area contributed by atoms with Crippen LogP contribution in [-0.2, 0) is 5.75 Å². The third kappa shape index (κ3) is 3.20. The van der Waals surface area contributed by atoms with Crippen LogP contribution in [0.5, 0.6) is 5.75 Å². The Kier molecular flexibility index (Phi) is 4.12. The van der Waals surface area contributed by atoms with Crippen molar-refractivity contribution >= 4 is 28.8 Å². The number of benzene rings is 1. The first kappa shape index (κ1) is 14.0. The molecule has 0 atom stereocenters. The van der Waals surface area contributed by atoms with Gasteiger partial charge >= 0.3 is 0 Å². The molecule has 21 heavy (non-hydrogen) atoms. The molecule has 0 aliphatic heterocycles. The molecular weight excluding hydrogens is 306 g/mol. The standard InChI is InChI=1S/C14H13N3O2S2/c1-18-11-6-10(15)2-3-12(11)21-8-13-16-14(17-19-13)9-4-5-20-7-9/h2-7H,8,15H2,1H3. The van der Waals surface area contributed by atoms with Crippen molar-refractivity contribution in [2.24, 2.45) is 0 Å². The predicted molar refractivity (Wildman–Crippen MR) is 84.6 cm³/mol. The van der Waals surface area contributed by atoms with Crippen LogP contribution in [0, 0.1) is 0 Å². The van der Waals surface area contributed by atoms with E-state index in [9.17, 15) is 0 Å². The zero-order chi connectivity index (χ0) is 14.7. The molecule has 7 heteroatoms. The summed E-state index contributed by atoms with van der Waals surface area (Å²) in [4.78, 5) is 5.37. The quantitative estimate of drug-likeness (QED) is 0.571. The summed E-state index contributed by atoms with van der Waals surface area (Å²) in [7, 11) is 1.63. The van der Waals surface area contributed by atoms with Gasteiger partial charge in [-0.15, -0.1) is 11.8 Å². The number of hydrogen-bond donors (Lipinski definition) is 1. The van der Waals surface area contributed by atoms with E-state index in [1.165, 1.54) is 0 Å². The highest BCUT2D eigenvalue weighted by molar-refractivity contribution is 7.98. The number of ether oxygens (including phenoxy) is 1. The van der Waals surface area contributed by atoms with Gasteiger partial charge in [-0.05, 0) is 23.6 Å². The Balaban J connectivity index is 1.71. The minimum absolute atomic E-state index is 0.581. The van der Waals surface area contributed by atoms with Gasteiger partial charge in [0.15, 0.2) is 0 Å². The molecule has 108 valence electrons. The van der Waals surface area contributed by atoms with Crippen molar-refractivity contribution < 1.29 is 9.26 Å². The maximum Gasteiger partial charge on any atom is 0.237 e. The van der Waals surface area contributed by atoms with Gasteiger partial charge in [0.1, 0.15) is 5.75 Å². The molecule has 5 nitrogen and oxygen atoms in total. The number of nitrogens with two attached hydrogens (primary N) is 1. The number of anilines is 1. The lowest BCUT2D eigenvalue weighted by atomic mass is 10.3. The largest absolute Gasteiger partial charge is 0.496 e. The molecule has 2 N–H and O–H groups in total. The van der Waals surface area contributed by atoms with Gasteiger partial charge in [0.05, 0.1) is 12.9 Å². The SMILES string of the molecule is COc1cc(N)ccc1SCc1nc(-c2ccsc2)no1. The number of thiophene rings is 1. The Morgan fingerprint density at radius 2 is 2.29 bits per heavy atom. The molecule has 0 bridgehead atoms. The van der Waals surface area contributed by atoms with Crippen LogP contribution in [0.2, 0.25) is 0 Å². The lowest BCUT2D eigenvalue weighted by molar-refractivity contribution is 0.391. The molecule has 0 radical (unpaired) electrons.